The van der Waals surface area contributed by atoms with Crippen molar-refractivity contribution in [1.29, 1.82) is 0 Å². The van der Waals surface area contributed by atoms with E-state index in [0.29, 0.717) is 12.8 Å². The zero-order valence-electron chi connectivity index (χ0n) is 17.2. The Bertz CT molecular complexity index is 1190. The Hall–Kier alpha value is -3.50. The lowest BCUT2D eigenvalue weighted by Crippen LogP contribution is -2.41. The van der Waals surface area contributed by atoms with Crippen molar-refractivity contribution in [3.63, 3.8) is 0 Å². The van der Waals surface area contributed by atoms with Crippen molar-refractivity contribution in [2.24, 2.45) is 5.14 Å². The van der Waals surface area contributed by atoms with Crippen molar-refractivity contribution in [3.8, 4) is 29.9 Å². The predicted octanol–water partition coefficient (Wildman–Crippen LogP) is 1.88. The van der Waals surface area contributed by atoms with E-state index in [1.165, 1.54) is 4.90 Å². The lowest BCUT2D eigenvalue weighted by atomic mass is 10.1. The number of nitrogens with zero attached hydrogens (tertiary/aromatic N) is 3. The number of rotatable bonds is 7. The number of carbonyl (C=O) groups is 1. The van der Waals surface area contributed by atoms with Gasteiger partial charge in [0, 0.05) is 32.0 Å². The molecule has 2 aromatic rings. The summed E-state index contributed by atoms with van der Waals surface area (Å²) in [5.41, 5.74) is -0.221. The Morgan fingerprint density at radius 2 is 1.91 bits per heavy atom. The third-order valence-corrected chi connectivity index (χ3v) is 5.65. The number of sulfonamides is 1. The number of halogens is 2. The van der Waals surface area contributed by atoms with E-state index >= 15 is 0 Å². The number of hydrogen-bond donors (Lipinski definition) is 2. The number of aryl methyl sites for hydroxylation is 1. The third kappa shape index (κ3) is 6.27. The maximum absolute atomic E-state index is 14.5. The smallest absolute Gasteiger partial charge is 0.407 e. The molecule has 1 saturated heterocycles. The summed E-state index contributed by atoms with van der Waals surface area (Å²) in [6.07, 6.45) is 5.75. The Balaban J connectivity index is 1.77. The minimum Gasteiger partial charge on any atom is -0.473 e. The van der Waals surface area contributed by atoms with E-state index in [4.69, 9.17) is 26.1 Å². The molecule has 0 unspecified atom stereocenters. The van der Waals surface area contributed by atoms with Gasteiger partial charge in [0.15, 0.2) is 11.6 Å². The molecule has 3 rings (SSSR count). The van der Waals surface area contributed by atoms with Gasteiger partial charge < -0.3 is 19.5 Å². The molecule has 1 aliphatic rings. The Morgan fingerprint density at radius 1 is 1.24 bits per heavy atom. The molecule has 2 heterocycles. The van der Waals surface area contributed by atoms with Gasteiger partial charge in [0.2, 0.25) is 21.8 Å². The molecule has 0 spiro atoms. The maximum atomic E-state index is 14.5. The number of amides is 1. The number of nitrogens with two attached hydrogens (primary N) is 1. The second-order valence-electron chi connectivity index (χ2n) is 7.18. The number of ether oxygens (including phenoxy) is 2. The Labute approximate surface area is 188 Å². The molecule has 1 fully saturated rings. The molecule has 0 aliphatic carbocycles. The van der Waals surface area contributed by atoms with Crippen molar-refractivity contribution in [2.75, 3.05) is 18.8 Å². The van der Waals surface area contributed by atoms with Gasteiger partial charge in [0.05, 0.1) is 5.75 Å². The summed E-state index contributed by atoms with van der Waals surface area (Å²) in [4.78, 5) is 20.1. The van der Waals surface area contributed by atoms with Crippen LogP contribution in [0.25, 0.3) is 0 Å². The number of terminal acetylenes is 1. The van der Waals surface area contributed by atoms with E-state index in [2.05, 4.69) is 15.9 Å². The van der Waals surface area contributed by atoms with Crippen LogP contribution in [0.5, 0.6) is 17.5 Å². The molecule has 0 radical (unpaired) electrons. The zero-order chi connectivity index (χ0) is 24.2. The average Bonchev–Trinajstić information content (AvgIpc) is 2.75. The van der Waals surface area contributed by atoms with Crippen LogP contribution in [0.3, 0.4) is 0 Å². The number of primary sulfonamides is 1. The molecular weight excluding hydrogens is 462 g/mol. The van der Waals surface area contributed by atoms with Crippen molar-refractivity contribution >= 4 is 16.1 Å². The number of benzene rings is 1. The van der Waals surface area contributed by atoms with Crippen LogP contribution in [0.1, 0.15) is 24.0 Å². The SMILES string of the molecule is C#Cc1c(Oc2cc(F)c(CCS(N)(=O)=O)cc2F)ncnc1OC1CCN(C(=O)O)CC1. The van der Waals surface area contributed by atoms with Gasteiger partial charge >= 0.3 is 6.09 Å². The fourth-order valence-electron chi connectivity index (χ4n) is 3.16. The van der Waals surface area contributed by atoms with Gasteiger partial charge in [-0.15, -0.1) is 6.42 Å². The van der Waals surface area contributed by atoms with Crippen molar-refractivity contribution in [1.82, 2.24) is 14.9 Å². The standard InChI is InChI=1S/C20H20F2N4O6S/c1-2-14-18(31-13-3-6-26(7-4-13)20(27)28)24-11-25-19(14)32-17-10-15(21)12(9-16(17)22)5-8-33(23,29)30/h1,9-11,13H,3-8H2,(H,27,28)(H2,23,29,30). The topological polar surface area (TPSA) is 145 Å². The number of piperidine rings is 1. The summed E-state index contributed by atoms with van der Waals surface area (Å²) in [5.74, 6) is -0.894. The van der Waals surface area contributed by atoms with Crippen LogP contribution in [0.2, 0.25) is 0 Å². The Morgan fingerprint density at radius 3 is 2.52 bits per heavy atom. The van der Waals surface area contributed by atoms with Gasteiger partial charge in [0.25, 0.3) is 0 Å². The fraction of sp³-hybridized carbons (Fsp3) is 0.350. The second kappa shape index (κ2) is 9.97. The molecule has 1 amide bonds. The highest BCUT2D eigenvalue weighted by Crippen LogP contribution is 2.31. The van der Waals surface area contributed by atoms with Gasteiger partial charge in [-0.25, -0.2) is 37.1 Å². The molecule has 33 heavy (non-hydrogen) atoms. The highest BCUT2D eigenvalue weighted by Gasteiger charge is 2.25. The largest absolute Gasteiger partial charge is 0.473 e. The van der Waals surface area contributed by atoms with E-state index < -0.39 is 39.3 Å². The van der Waals surface area contributed by atoms with Crippen LogP contribution >= 0.6 is 0 Å². The lowest BCUT2D eigenvalue weighted by molar-refractivity contribution is 0.0867. The first kappa shape index (κ1) is 24.1. The molecule has 10 nitrogen and oxygen atoms in total. The predicted molar refractivity (Wildman–Crippen MR) is 111 cm³/mol. The quantitative estimate of drug-likeness (QED) is 0.569. The number of likely N-dealkylation sites (tertiary alicyclic amines) is 1. The number of hydrogen-bond acceptors (Lipinski definition) is 7. The van der Waals surface area contributed by atoms with Gasteiger partial charge in [-0.1, -0.05) is 5.92 Å². The summed E-state index contributed by atoms with van der Waals surface area (Å²) in [5, 5.41) is 13.9. The third-order valence-electron chi connectivity index (χ3n) is 4.88. The fourth-order valence-corrected chi connectivity index (χ4v) is 3.67. The molecule has 0 saturated carbocycles. The summed E-state index contributed by atoms with van der Waals surface area (Å²) in [7, 11) is -3.85. The number of carboxylic acid groups (broad SMARTS) is 1. The summed E-state index contributed by atoms with van der Waals surface area (Å²) in [6, 6.07) is 1.55. The second-order valence-corrected chi connectivity index (χ2v) is 8.92. The van der Waals surface area contributed by atoms with E-state index in [0.717, 1.165) is 18.5 Å². The molecule has 13 heteroatoms. The zero-order valence-corrected chi connectivity index (χ0v) is 18.0. The van der Waals surface area contributed by atoms with E-state index in [-0.39, 0.29) is 48.5 Å². The highest BCUT2D eigenvalue weighted by atomic mass is 32.2. The molecule has 0 atom stereocenters. The monoisotopic (exact) mass is 482 g/mol. The van der Waals surface area contributed by atoms with Crippen LogP contribution in [-0.2, 0) is 16.4 Å². The van der Waals surface area contributed by atoms with Gasteiger partial charge in [-0.05, 0) is 18.1 Å². The summed E-state index contributed by atoms with van der Waals surface area (Å²) < 4.78 is 62.1. The molecule has 176 valence electrons. The molecular formula is C20H20F2N4O6S. The van der Waals surface area contributed by atoms with Gasteiger partial charge in [-0.2, -0.15) is 0 Å². The van der Waals surface area contributed by atoms with Crippen molar-refractivity contribution < 1.29 is 36.6 Å². The first-order valence-corrected chi connectivity index (χ1v) is 11.4. The van der Waals surface area contributed by atoms with Crippen LogP contribution in [-0.4, -0.2) is 59.4 Å². The lowest BCUT2D eigenvalue weighted by Gasteiger charge is -2.30. The van der Waals surface area contributed by atoms with Crippen molar-refractivity contribution in [3.05, 3.63) is 41.2 Å². The molecule has 1 aromatic heterocycles. The van der Waals surface area contributed by atoms with E-state index in [1.54, 1.807) is 0 Å². The molecule has 1 aliphatic heterocycles. The minimum absolute atomic E-state index is 0.0121. The normalized spacial score (nSPS) is 14.5. The maximum Gasteiger partial charge on any atom is 0.407 e. The number of aromatic nitrogens is 2. The van der Waals surface area contributed by atoms with Crippen LogP contribution in [0, 0.1) is 24.0 Å². The first-order chi connectivity index (χ1) is 15.6. The molecule has 0 bridgehead atoms. The minimum atomic E-state index is -3.85. The van der Waals surface area contributed by atoms with E-state index in [9.17, 15) is 22.0 Å². The molecule has 3 N–H and O–H groups in total. The Kier molecular flexibility index (Phi) is 7.29. The van der Waals surface area contributed by atoms with Gasteiger partial charge in [0.1, 0.15) is 23.8 Å². The van der Waals surface area contributed by atoms with E-state index in [1.807, 2.05) is 0 Å². The first-order valence-electron chi connectivity index (χ1n) is 9.69. The van der Waals surface area contributed by atoms with Crippen LogP contribution < -0.4 is 14.6 Å². The van der Waals surface area contributed by atoms with Gasteiger partial charge in [-0.3, -0.25) is 0 Å². The van der Waals surface area contributed by atoms with Crippen molar-refractivity contribution in [2.45, 2.75) is 25.4 Å². The summed E-state index contributed by atoms with van der Waals surface area (Å²) in [6.45, 7) is 0.560. The highest BCUT2D eigenvalue weighted by molar-refractivity contribution is 7.89. The summed E-state index contributed by atoms with van der Waals surface area (Å²) >= 11 is 0. The van der Waals surface area contributed by atoms with Crippen LogP contribution in [0.15, 0.2) is 18.5 Å². The van der Waals surface area contributed by atoms with Crippen LogP contribution in [0.4, 0.5) is 13.6 Å². The molecule has 1 aromatic carbocycles. The average molecular weight is 482 g/mol.